The van der Waals surface area contributed by atoms with Gasteiger partial charge in [0, 0.05) is 45.3 Å². The fourth-order valence-electron chi connectivity index (χ4n) is 5.46. The second kappa shape index (κ2) is 12.8. The van der Waals surface area contributed by atoms with E-state index in [2.05, 4.69) is 34.9 Å². The highest BCUT2D eigenvalue weighted by molar-refractivity contribution is 7.98. The largest absolute Gasteiger partial charge is 0.489 e. The third kappa shape index (κ3) is 6.26. The number of hydrogen-bond donors (Lipinski definition) is 1. The van der Waals surface area contributed by atoms with Crippen molar-refractivity contribution in [2.45, 2.75) is 37.6 Å². The van der Waals surface area contributed by atoms with Crippen molar-refractivity contribution in [2.75, 3.05) is 0 Å². The Balaban J connectivity index is 1.43. The fraction of sp³-hybridized carbons (Fsp3) is 0.158. The van der Waals surface area contributed by atoms with E-state index in [0.29, 0.717) is 24.7 Å². The van der Waals surface area contributed by atoms with E-state index >= 15 is 0 Å². The molecule has 0 fully saturated rings. The SMILES string of the molecule is CC(C)C(=O)c1c(CSc2ccc3ccccc3c2)n(Cc2ccc(C(=O)O)cc2)c2ccc(OCc3ccccc3)cc12. The summed E-state index contributed by atoms with van der Waals surface area (Å²) in [5.74, 6) is 0.236. The first-order chi connectivity index (χ1) is 21.4. The minimum atomic E-state index is -0.955. The molecule has 1 aromatic heterocycles. The molecule has 5 aromatic carbocycles. The molecule has 1 heterocycles. The summed E-state index contributed by atoms with van der Waals surface area (Å²) in [6.07, 6.45) is 0. The number of carboxylic acid groups (broad SMARTS) is 1. The van der Waals surface area contributed by atoms with E-state index < -0.39 is 5.97 Å². The maximum absolute atomic E-state index is 13.9. The topological polar surface area (TPSA) is 68.5 Å². The van der Waals surface area contributed by atoms with Crippen LogP contribution in [-0.4, -0.2) is 21.4 Å². The Bertz CT molecular complexity index is 1960. The molecule has 0 aliphatic carbocycles. The Morgan fingerprint density at radius 2 is 1.52 bits per heavy atom. The predicted octanol–water partition coefficient (Wildman–Crippen LogP) is 9.25. The Hall–Kier alpha value is -4.81. The van der Waals surface area contributed by atoms with Gasteiger partial charge in [-0.05, 0) is 64.4 Å². The molecule has 0 saturated carbocycles. The zero-order chi connectivity index (χ0) is 30.6. The molecule has 6 heteroatoms. The van der Waals surface area contributed by atoms with Crippen molar-refractivity contribution in [3.8, 4) is 5.75 Å². The summed E-state index contributed by atoms with van der Waals surface area (Å²) in [7, 11) is 0. The standard InChI is InChI=1S/C38H33NO4S/c1-25(2)37(40)36-33-21-31(43-23-27-8-4-3-5-9-27)17-19-34(33)39(22-26-12-14-29(15-13-26)38(41)42)35(36)24-44-32-18-16-28-10-6-7-11-30(28)20-32/h3-21,25H,22-24H2,1-2H3,(H,41,42). The Morgan fingerprint density at radius 1 is 0.795 bits per heavy atom. The molecular weight excluding hydrogens is 566 g/mol. The highest BCUT2D eigenvalue weighted by Crippen LogP contribution is 2.36. The molecule has 44 heavy (non-hydrogen) atoms. The van der Waals surface area contributed by atoms with Crippen molar-refractivity contribution in [3.63, 3.8) is 0 Å². The molecule has 5 nitrogen and oxygen atoms in total. The summed E-state index contributed by atoms with van der Waals surface area (Å²) in [5, 5.41) is 12.6. The number of thioether (sulfide) groups is 1. The molecule has 0 unspecified atom stereocenters. The number of hydrogen-bond acceptors (Lipinski definition) is 4. The summed E-state index contributed by atoms with van der Waals surface area (Å²) in [4.78, 5) is 26.5. The number of Topliss-reactive ketones (excluding diaryl/α,β-unsaturated/α-hetero) is 1. The summed E-state index contributed by atoms with van der Waals surface area (Å²) in [5.41, 5.74) is 4.87. The molecule has 0 radical (unpaired) electrons. The molecule has 0 spiro atoms. The number of carboxylic acids is 1. The number of fused-ring (bicyclic) bond motifs is 2. The van der Waals surface area contributed by atoms with Crippen molar-refractivity contribution < 1.29 is 19.4 Å². The number of aromatic nitrogens is 1. The molecule has 0 atom stereocenters. The third-order valence-corrected chi connectivity index (χ3v) is 8.80. The van der Waals surface area contributed by atoms with Gasteiger partial charge in [0.25, 0.3) is 0 Å². The van der Waals surface area contributed by atoms with Crippen molar-refractivity contribution >= 4 is 45.2 Å². The number of carbonyl (C=O) groups excluding carboxylic acids is 1. The quantitative estimate of drug-likeness (QED) is 0.119. The molecular formula is C38H33NO4S. The Kier molecular flexibility index (Phi) is 8.53. The second-order valence-electron chi connectivity index (χ2n) is 11.2. The van der Waals surface area contributed by atoms with Crippen LogP contribution in [0.25, 0.3) is 21.7 Å². The van der Waals surface area contributed by atoms with Crippen molar-refractivity contribution in [2.24, 2.45) is 5.92 Å². The number of aromatic carboxylic acids is 1. The lowest BCUT2D eigenvalue weighted by Crippen LogP contribution is -2.12. The Labute approximate surface area is 261 Å². The van der Waals surface area contributed by atoms with Crippen molar-refractivity contribution in [1.29, 1.82) is 0 Å². The van der Waals surface area contributed by atoms with Crippen LogP contribution in [0, 0.1) is 5.92 Å². The summed E-state index contributed by atoms with van der Waals surface area (Å²) in [6, 6.07) is 37.7. The molecule has 6 rings (SSSR count). The number of nitrogens with zero attached hydrogens (tertiary/aromatic N) is 1. The van der Waals surface area contributed by atoms with Gasteiger partial charge < -0.3 is 14.4 Å². The van der Waals surface area contributed by atoms with Gasteiger partial charge in [-0.3, -0.25) is 4.79 Å². The van der Waals surface area contributed by atoms with Gasteiger partial charge in [-0.15, -0.1) is 11.8 Å². The number of rotatable bonds is 11. The van der Waals surface area contributed by atoms with Crippen LogP contribution in [0.15, 0.2) is 120 Å². The normalized spacial score (nSPS) is 11.3. The van der Waals surface area contributed by atoms with Crippen LogP contribution in [0.4, 0.5) is 0 Å². The fourth-order valence-corrected chi connectivity index (χ4v) is 6.43. The van der Waals surface area contributed by atoms with E-state index in [1.165, 1.54) is 10.8 Å². The third-order valence-electron chi connectivity index (χ3n) is 7.80. The lowest BCUT2D eigenvalue weighted by Gasteiger charge is -2.14. The van der Waals surface area contributed by atoms with Gasteiger partial charge in [0.15, 0.2) is 5.78 Å². The first-order valence-electron chi connectivity index (χ1n) is 14.7. The Morgan fingerprint density at radius 3 is 2.25 bits per heavy atom. The minimum absolute atomic E-state index is 0.0873. The molecule has 1 N–H and O–H groups in total. The zero-order valence-electron chi connectivity index (χ0n) is 24.7. The second-order valence-corrected chi connectivity index (χ2v) is 12.2. The van der Waals surface area contributed by atoms with Crippen LogP contribution in [0.1, 0.15) is 51.4 Å². The maximum Gasteiger partial charge on any atom is 0.335 e. The lowest BCUT2D eigenvalue weighted by molar-refractivity contribution is 0.0696. The highest BCUT2D eigenvalue weighted by Gasteiger charge is 2.25. The molecule has 0 aliphatic rings. The van der Waals surface area contributed by atoms with Crippen LogP contribution >= 0.6 is 11.8 Å². The molecule has 220 valence electrons. The molecule has 6 aromatic rings. The summed E-state index contributed by atoms with van der Waals surface area (Å²) in [6.45, 7) is 4.80. The molecule has 0 saturated heterocycles. The van der Waals surface area contributed by atoms with Crippen LogP contribution in [0.3, 0.4) is 0 Å². The number of benzene rings is 5. The van der Waals surface area contributed by atoms with Gasteiger partial charge in [-0.2, -0.15) is 0 Å². The van der Waals surface area contributed by atoms with E-state index in [4.69, 9.17) is 4.74 Å². The number of ketones is 1. The molecule has 0 amide bonds. The van der Waals surface area contributed by atoms with Crippen molar-refractivity contribution in [1.82, 2.24) is 4.57 Å². The monoisotopic (exact) mass is 599 g/mol. The van der Waals surface area contributed by atoms with Crippen LogP contribution in [-0.2, 0) is 18.9 Å². The van der Waals surface area contributed by atoms with E-state index in [-0.39, 0.29) is 17.3 Å². The number of carbonyl (C=O) groups is 2. The van der Waals surface area contributed by atoms with Gasteiger partial charge in [0.1, 0.15) is 12.4 Å². The average Bonchev–Trinajstić information content (AvgIpc) is 3.34. The van der Waals surface area contributed by atoms with E-state index in [9.17, 15) is 14.7 Å². The van der Waals surface area contributed by atoms with Gasteiger partial charge in [-0.25, -0.2) is 4.79 Å². The molecule has 0 bridgehead atoms. The van der Waals surface area contributed by atoms with Gasteiger partial charge in [0.2, 0.25) is 0 Å². The van der Waals surface area contributed by atoms with Crippen LogP contribution < -0.4 is 4.74 Å². The lowest BCUT2D eigenvalue weighted by atomic mass is 9.98. The average molecular weight is 600 g/mol. The minimum Gasteiger partial charge on any atom is -0.489 e. The summed E-state index contributed by atoms with van der Waals surface area (Å²) >= 11 is 1.71. The highest BCUT2D eigenvalue weighted by atomic mass is 32.2. The van der Waals surface area contributed by atoms with Gasteiger partial charge in [0.05, 0.1) is 5.56 Å². The van der Waals surface area contributed by atoms with Gasteiger partial charge in [-0.1, -0.05) is 86.6 Å². The summed E-state index contributed by atoms with van der Waals surface area (Å²) < 4.78 is 8.39. The van der Waals surface area contributed by atoms with Gasteiger partial charge >= 0.3 is 5.97 Å². The van der Waals surface area contributed by atoms with Crippen LogP contribution in [0.2, 0.25) is 0 Å². The first kappa shape index (κ1) is 29.3. The zero-order valence-corrected chi connectivity index (χ0v) is 25.5. The van der Waals surface area contributed by atoms with Crippen molar-refractivity contribution in [3.05, 3.63) is 143 Å². The number of ether oxygens (including phenoxy) is 1. The predicted molar refractivity (Wildman–Crippen MR) is 178 cm³/mol. The van der Waals surface area contributed by atoms with E-state index in [1.807, 2.05) is 86.6 Å². The first-order valence-corrected chi connectivity index (χ1v) is 15.7. The van der Waals surface area contributed by atoms with Crippen LogP contribution in [0.5, 0.6) is 5.75 Å². The maximum atomic E-state index is 13.9. The van der Waals surface area contributed by atoms with E-state index in [0.717, 1.165) is 38.2 Å². The smallest absolute Gasteiger partial charge is 0.335 e. The molecule has 0 aliphatic heterocycles. The van der Waals surface area contributed by atoms with E-state index in [1.54, 1.807) is 23.9 Å².